The highest BCUT2D eigenvalue weighted by Gasteiger charge is 2.31. The van der Waals surface area contributed by atoms with Gasteiger partial charge in [0.2, 0.25) is 11.8 Å². The Morgan fingerprint density at radius 3 is 2.07 bits per heavy atom. The van der Waals surface area contributed by atoms with Gasteiger partial charge in [0.15, 0.2) is 0 Å². The molecule has 0 radical (unpaired) electrons. The molecule has 1 aliphatic heterocycles. The average molecular weight is 589 g/mol. The van der Waals surface area contributed by atoms with Crippen LogP contribution in [0.1, 0.15) is 41.9 Å². The molecular weight excluding hydrogens is 553 g/mol. The van der Waals surface area contributed by atoms with Crippen molar-refractivity contribution in [1.29, 1.82) is 0 Å². The van der Waals surface area contributed by atoms with Crippen LogP contribution in [-0.2, 0) is 9.59 Å². The third-order valence-corrected chi connectivity index (χ3v) is 7.48. The molecular formula is C31H36ClF3N4O2. The number of nitrogens with one attached hydrogen (secondary N) is 1. The fourth-order valence-corrected chi connectivity index (χ4v) is 5.26. The van der Waals surface area contributed by atoms with Crippen molar-refractivity contribution >= 4 is 29.9 Å². The Balaban J connectivity index is 0.00000462. The minimum absolute atomic E-state index is 0. The van der Waals surface area contributed by atoms with Crippen molar-refractivity contribution in [3.05, 3.63) is 101 Å². The lowest BCUT2D eigenvalue weighted by Gasteiger charge is -2.39. The number of carbonyl (C=O) groups excluding carboxylic acids is 2. The first-order chi connectivity index (χ1) is 19.2. The second kappa shape index (κ2) is 15.0. The van der Waals surface area contributed by atoms with Crippen LogP contribution in [0.2, 0.25) is 0 Å². The summed E-state index contributed by atoms with van der Waals surface area (Å²) in [6.45, 7) is 4.03. The third kappa shape index (κ3) is 9.05. The molecule has 220 valence electrons. The Labute approximate surface area is 245 Å². The van der Waals surface area contributed by atoms with Crippen LogP contribution < -0.4 is 11.1 Å². The molecule has 0 aromatic heterocycles. The zero-order valence-electron chi connectivity index (χ0n) is 23.0. The summed E-state index contributed by atoms with van der Waals surface area (Å²) in [5, 5.41) is 2.75. The Hall–Kier alpha value is -3.40. The number of anilines is 1. The number of unbranched alkanes of at least 4 members (excludes halogenated alkanes) is 1. The number of aryl methyl sites for hydroxylation is 1. The van der Waals surface area contributed by atoms with E-state index in [9.17, 15) is 22.8 Å². The number of amides is 2. The number of carbonyl (C=O) groups is 2. The largest absolute Gasteiger partial charge is 0.368 e. The second-order valence-corrected chi connectivity index (χ2v) is 10.3. The maximum atomic E-state index is 13.6. The van der Waals surface area contributed by atoms with Gasteiger partial charge in [0, 0.05) is 31.2 Å². The zero-order valence-corrected chi connectivity index (χ0v) is 23.8. The molecule has 0 bridgehead atoms. The van der Waals surface area contributed by atoms with Gasteiger partial charge in [-0.05, 0) is 79.4 Å². The van der Waals surface area contributed by atoms with Crippen molar-refractivity contribution in [1.82, 2.24) is 9.80 Å². The Kier molecular flexibility index (Phi) is 11.8. The van der Waals surface area contributed by atoms with E-state index in [1.54, 1.807) is 37.3 Å². The summed E-state index contributed by atoms with van der Waals surface area (Å²) in [6, 6.07) is 16.5. The number of hydrogen-bond donors (Lipinski definition) is 2. The molecule has 1 aliphatic rings. The van der Waals surface area contributed by atoms with Crippen LogP contribution in [0.4, 0.5) is 18.9 Å². The lowest BCUT2D eigenvalue weighted by atomic mass is 9.87. The normalized spacial score (nSPS) is 15.9. The number of halogens is 4. The summed E-state index contributed by atoms with van der Waals surface area (Å²) < 4.78 is 40.6. The van der Waals surface area contributed by atoms with E-state index in [0.717, 1.165) is 36.0 Å². The summed E-state index contributed by atoms with van der Waals surface area (Å²) in [7, 11) is 0. The standard InChI is InChI=1S/C31H35F3N4O2.ClH/c1-21-5-10-26(34)18-28(21)36-30(39)20-37-16-17-38(29(19-37)31(35)40)15-3-2-4-27(22-6-11-24(32)12-7-22)23-8-13-25(33)14-9-23;/h5-14,18,27,29H,2-4,15-17,19-20H2,1H3,(H2,35,40)(H,36,39);1H. The van der Waals surface area contributed by atoms with Crippen molar-refractivity contribution < 1.29 is 22.8 Å². The van der Waals surface area contributed by atoms with Crippen LogP contribution in [0.5, 0.6) is 0 Å². The van der Waals surface area contributed by atoms with Gasteiger partial charge in [-0.3, -0.25) is 19.4 Å². The van der Waals surface area contributed by atoms with Crippen molar-refractivity contribution in [2.24, 2.45) is 5.73 Å². The number of piperazine rings is 1. The molecule has 3 aromatic carbocycles. The van der Waals surface area contributed by atoms with Crippen LogP contribution >= 0.6 is 12.4 Å². The summed E-state index contributed by atoms with van der Waals surface area (Å²) in [6.07, 6.45) is 2.42. The van der Waals surface area contributed by atoms with Crippen LogP contribution in [0.3, 0.4) is 0 Å². The molecule has 41 heavy (non-hydrogen) atoms. The molecule has 3 aromatic rings. The van der Waals surface area contributed by atoms with E-state index in [2.05, 4.69) is 10.2 Å². The van der Waals surface area contributed by atoms with Gasteiger partial charge in [-0.1, -0.05) is 36.8 Å². The first-order valence-corrected chi connectivity index (χ1v) is 13.5. The van der Waals surface area contributed by atoms with E-state index >= 15 is 0 Å². The predicted molar refractivity (Wildman–Crippen MR) is 157 cm³/mol. The van der Waals surface area contributed by atoms with Gasteiger partial charge in [0.25, 0.3) is 0 Å². The van der Waals surface area contributed by atoms with E-state index in [-0.39, 0.29) is 42.4 Å². The Morgan fingerprint density at radius 2 is 1.49 bits per heavy atom. The first kappa shape index (κ1) is 32.1. The quantitative estimate of drug-likeness (QED) is 0.300. The smallest absolute Gasteiger partial charge is 0.238 e. The summed E-state index contributed by atoms with van der Waals surface area (Å²) in [5.74, 6) is -1.77. The van der Waals surface area contributed by atoms with Crippen molar-refractivity contribution in [3.8, 4) is 0 Å². The lowest BCUT2D eigenvalue weighted by molar-refractivity contribution is -0.127. The van der Waals surface area contributed by atoms with Gasteiger partial charge < -0.3 is 11.1 Å². The topological polar surface area (TPSA) is 78.7 Å². The minimum Gasteiger partial charge on any atom is -0.368 e. The Morgan fingerprint density at radius 1 is 0.902 bits per heavy atom. The molecule has 4 rings (SSSR count). The number of hydrogen-bond acceptors (Lipinski definition) is 4. The fourth-order valence-electron chi connectivity index (χ4n) is 5.26. The van der Waals surface area contributed by atoms with Crippen molar-refractivity contribution in [2.75, 3.05) is 38.0 Å². The van der Waals surface area contributed by atoms with Crippen molar-refractivity contribution in [3.63, 3.8) is 0 Å². The summed E-state index contributed by atoms with van der Waals surface area (Å²) in [5.41, 5.74) is 8.84. The van der Waals surface area contributed by atoms with Gasteiger partial charge in [-0.15, -0.1) is 12.4 Å². The molecule has 0 aliphatic carbocycles. The molecule has 0 spiro atoms. The molecule has 0 saturated carbocycles. The number of primary amides is 1. The molecule has 1 heterocycles. The zero-order chi connectivity index (χ0) is 28.6. The highest BCUT2D eigenvalue weighted by Crippen LogP contribution is 2.30. The van der Waals surface area contributed by atoms with Gasteiger partial charge >= 0.3 is 0 Å². The third-order valence-electron chi connectivity index (χ3n) is 7.48. The van der Waals surface area contributed by atoms with E-state index < -0.39 is 17.8 Å². The van der Waals surface area contributed by atoms with Gasteiger partial charge in [-0.2, -0.15) is 0 Å². The summed E-state index contributed by atoms with van der Waals surface area (Å²) >= 11 is 0. The lowest BCUT2D eigenvalue weighted by Crippen LogP contribution is -2.59. The van der Waals surface area contributed by atoms with Crippen LogP contribution in [-0.4, -0.2) is 60.4 Å². The maximum absolute atomic E-state index is 13.6. The molecule has 1 unspecified atom stereocenters. The maximum Gasteiger partial charge on any atom is 0.238 e. The van der Waals surface area contributed by atoms with Crippen LogP contribution in [0.15, 0.2) is 66.7 Å². The number of benzene rings is 3. The van der Waals surface area contributed by atoms with Gasteiger partial charge in [0.05, 0.1) is 6.54 Å². The van der Waals surface area contributed by atoms with Crippen LogP contribution in [0.25, 0.3) is 0 Å². The van der Waals surface area contributed by atoms with Crippen molar-refractivity contribution in [2.45, 2.75) is 38.1 Å². The predicted octanol–water partition coefficient (Wildman–Crippen LogP) is 5.25. The SMILES string of the molecule is Cc1ccc(F)cc1NC(=O)CN1CCN(CCCCC(c2ccc(F)cc2)c2ccc(F)cc2)C(C(N)=O)C1.Cl. The Bertz CT molecular complexity index is 1260. The van der Waals surface area contributed by atoms with Gasteiger partial charge in [0.1, 0.15) is 23.5 Å². The van der Waals surface area contributed by atoms with E-state index in [0.29, 0.717) is 31.9 Å². The highest BCUT2D eigenvalue weighted by atomic mass is 35.5. The molecule has 1 atom stereocenters. The molecule has 1 saturated heterocycles. The van der Waals surface area contributed by atoms with E-state index in [1.165, 1.54) is 36.4 Å². The molecule has 2 amide bonds. The van der Waals surface area contributed by atoms with Crippen LogP contribution in [0, 0.1) is 24.4 Å². The second-order valence-electron chi connectivity index (χ2n) is 10.3. The van der Waals surface area contributed by atoms with Gasteiger partial charge in [-0.25, -0.2) is 13.2 Å². The fraction of sp³-hybridized carbons (Fsp3) is 0.355. The molecule has 10 heteroatoms. The number of nitrogens with zero attached hydrogens (tertiary/aromatic N) is 2. The van der Waals surface area contributed by atoms with E-state index in [4.69, 9.17) is 5.73 Å². The monoisotopic (exact) mass is 588 g/mol. The molecule has 1 fully saturated rings. The average Bonchev–Trinajstić information content (AvgIpc) is 2.92. The number of nitrogens with two attached hydrogens (primary N) is 1. The van der Waals surface area contributed by atoms with E-state index in [1.807, 2.05) is 4.90 Å². The summed E-state index contributed by atoms with van der Waals surface area (Å²) in [4.78, 5) is 28.8. The number of rotatable bonds is 11. The first-order valence-electron chi connectivity index (χ1n) is 13.5. The highest BCUT2D eigenvalue weighted by molar-refractivity contribution is 5.93. The molecule has 3 N–H and O–H groups in total. The minimum atomic E-state index is -0.526. The molecule has 6 nitrogen and oxygen atoms in total.